The predicted molar refractivity (Wildman–Crippen MR) is 81.9 cm³/mol. The number of fused-ring (bicyclic) bond motifs is 1. The first-order valence-electron chi connectivity index (χ1n) is 6.61. The van der Waals surface area contributed by atoms with E-state index in [9.17, 15) is 0 Å². The van der Waals surface area contributed by atoms with Crippen LogP contribution in [0.2, 0.25) is 0 Å². The number of para-hydroxylation sites is 1. The van der Waals surface area contributed by atoms with Crippen molar-refractivity contribution in [3.05, 3.63) is 71.8 Å². The number of hydrogen-bond donors (Lipinski definition) is 0. The van der Waals surface area contributed by atoms with Gasteiger partial charge in [-0.3, -0.25) is 0 Å². The average molecular weight is 264 g/mol. The summed E-state index contributed by atoms with van der Waals surface area (Å²) in [6, 6.07) is 16.0. The van der Waals surface area contributed by atoms with Crippen LogP contribution in [0.4, 0.5) is 0 Å². The molecular formula is C18H16O2. The van der Waals surface area contributed by atoms with Crippen LogP contribution in [0.15, 0.2) is 60.7 Å². The minimum Gasteiger partial charge on any atom is -0.497 e. The van der Waals surface area contributed by atoms with E-state index in [1.165, 1.54) is 0 Å². The molecule has 2 nitrogen and oxygen atoms in total. The minimum absolute atomic E-state index is 0.0213. The molecule has 100 valence electrons. The molecule has 0 radical (unpaired) electrons. The zero-order valence-corrected chi connectivity index (χ0v) is 11.3. The van der Waals surface area contributed by atoms with Crippen molar-refractivity contribution >= 4 is 12.2 Å². The second-order valence-electron chi connectivity index (χ2n) is 4.61. The van der Waals surface area contributed by atoms with Gasteiger partial charge in [-0.2, -0.15) is 0 Å². The molecular weight excluding hydrogens is 248 g/mol. The molecule has 1 aliphatic rings. The van der Waals surface area contributed by atoms with Gasteiger partial charge in [-0.15, -0.1) is 0 Å². The summed E-state index contributed by atoms with van der Waals surface area (Å²) < 4.78 is 11.0. The molecule has 0 N–H and O–H groups in total. The van der Waals surface area contributed by atoms with E-state index < -0.39 is 0 Å². The van der Waals surface area contributed by atoms with Crippen LogP contribution in [0, 0.1) is 0 Å². The van der Waals surface area contributed by atoms with E-state index in [1.807, 2.05) is 48.5 Å². The molecule has 1 aliphatic heterocycles. The lowest BCUT2D eigenvalue weighted by atomic mass is 10.1. The van der Waals surface area contributed by atoms with Crippen molar-refractivity contribution in [2.24, 2.45) is 0 Å². The van der Waals surface area contributed by atoms with E-state index in [1.54, 1.807) is 7.11 Å². The summed E-state index contributed by atoms with van der Waals surface area (Å²) >= 11 is 0. The highest BCUT2D eigenvalue weighted by Crippen LogP contribution is 2.26. The average Bonchev–Trinajstić information content (AvgIpc) is 2.53. The smallest absolute Gasteiger partial charge is 0.136 e. The molecule has 0 fully saturated rings. The van der Waals surface area contributed by atoms with Crippen LogP contribution in [0.1, 0.15) is 11.1 Å². The van der Waals surface area contributed by atoms with Crippen molar-refractivity contribution in [2.75, 3.05) is 7.11 Å². The summed E-state index contributed by atoms with van der Waals surface area (Å²) in [5, 5.41) is 0. The zero-order valence-electron chi connectivity index (χ0n) is 11.3. The highest BCUT2D eigenvalue weighted by molar-refractivity contribution is 5.61. The van der Waals surface area contributed by atoms with Crippen molar-refractivity contribution in [1.82, 2.24) is 0 Å². The minimum atomic E-state index is -0.0213. The molecule has 20 heavy (non-hydrogen) atoms. The molecule has 0 saturated carbocycles. The number of ether oxygens (including phenoxy) is 2. The predicted octanol–water partition coefficient (Wildman–Crippen LogP) is 4.18. The first-order valence-corrected chi connectivity index (χ1v) is 6.61. The summed E-state index contributed by atoms with van der Waals surface area (Å²) in [6.45, 7) is 0. The molecule has 0 unspecified atom stereocenters. The second kappa shape index (κ2) is 5.66. The third-order valence-electron chi connectivity index (χ3n) is 3.24. The molecule has 2 aromatic carbocycles. The lowest BCUT2D eigenvalue weighted by molar-refractivity contribution is 0.293. The second-order valence-corrected chi connectivity index (χ2v) is 4.61. The maximum absolute atomic E-state index is 5.90. The van der Waals surface area contributed by atoms with Gasteiger partial charge in [-0.05, 0) is 35.9 Å². The SMILES string of the molecule is COc1ccc(/C=C/[C@H]2C=Cc3ccccc3O2)cc1. The third-order valence-corrected chi connectivity index (χ3v) is 3.24. The van der Waals surface area contributed by atoms with Crippen LogP contribution >= 0.6 is 0 Å². The molecule has 1 atom stereocenters. The summed E-state index contributed by atoms with van der Waals surface area (Å²) in [5.41, 5.74) is 2.25. The highest BCUT2D eigenvalue weighted by atomic mass is 16.5. The van der Waals surface area contributed by atoms with Crippen molar-refractivity contribution in [2.45, 2.75) is 6.10 Å². The lowest BCUT2D eigenvalue weighted by Gasteiger charge is -2.18. The fourth-order valence-electron chi connectivity index (χ4n) is 2.13. The Labute approximate surface area is 119 Å². The molecule has 0 saturated heterocycles. The lowest BCUT2D eigenvalue weighted by Crippen LogP contribution is -2.13. The van der Waals surface area contributed by atoms with E-state index >= 15 is 0 Å². The van der Waals surface area contributed by atoms with Crippen LogP contribution in [-0.2, 0) is 0 Å². The van der Waals surface area contributed by atoms with Gasteiger partial charge in [0.25, 0.3) is 0 Å². The maximum Gasteiger partial charge on any atom is 0.136 e. The standard InChI is InChI=1S/C18H16O2/c1-19-16-10-6-14(7-11-16)8-12-17-13-9-15-4-2-3-5-18(15)20-17/h2-13,17H,1H3/b12-8+/t17-/m0/s1. The van der Waals surface area contributed by atoms with Crippen molar-refractivity contribution in [3.63, 3.8) is 0 Å². The zero-order chi connectivity index (χ0) is 13.8. The number of hydrogen-bond acceptors (Lipinski definition) is 2. The Balaban J connectivity index is 1.71. The summed E-state index contributed by atoms with van der Waals surface area (Å²) in [6.07, 6.45) is 8.24. The normalized spacial score (nSPS) is 16.8. The molecule has 0 aliphatic carbocycles. The van der Waals surface area contributed by atoms with Gasteiger partial charge in [0.1, 0.15) is 17.6 Å². The first kappa shape index (κ1) is 12.5. The summed E-state index contributed by atoms with van der Waals surface area (Å²) in [4.78, 5) is 0. The van der Waals surface area contributed by atoms with Gasteiger partial charge in [0, 0.05) is 5.56 Å². The van der Waals surface area contributed by atoms with Gasteiger partial charge in [0.15, 0.2) is 0 Å². The molecule has 0 spiro atoms. The van der Waals surface area contributed by atoms with E-state index in [-0.39, 0.29) is 6.10 Å². The topological polar surface area (TPSA) is 18.5 Å². The van der Waals surface area contributed by atoms with Gasteiger partial charge < -0.3 is 9.47 Å². The molecule has 0 bridgehead atoms. The van der Waals surface area contributed by atoms with Gasteiger partial charge in [-0.1, -0.05) is 42.5 Å². The van der Waals surface area contributed by atoms with Crippen LogP contribution < -0.4 is 9.47 Å². The van der Waals surface area contributed by atoms with Gasteiger partial charge in [0.2, 0.25) is 0 Å². The van der Waals surface area contributed by atoms with Gasteiger partial charge >= 0.3 is 0 Å². The van der Waals surface area contributed by atoms with Crippen molar-refractivity contribution in [3.8, 4) is 11.5 Å². The van der Waals surface area contributed by atoms with Crippen LogP contribution in [0.25, 0.3) is 12.2 Å². The quantitative estimate of drug-likeness (QED) is 0.827. The van der Waals surface area contributed by atoms with Crippen LogP contribution in [-0.4, -0.2) is 13.2 Å². The number of rotatable bonds is 3. The molecule has 2 aromatic rings. The first-order chi connectivity index (χ1) is 9.85. The number of methoxy groups -OCH3 is 1. The Morgan fingerprint density at radius 3 is 2.65 bits per heavy atom. The molecule has 1 heterocycles. The Bertz CT molecular complexity index is 639. The van der Waals surface area contributed by atoms with E-state index in [0.717, 1.165) is 22.6 Å². The van der Waals surface area contributed by atoms with Crippen LogP contribution in [0.5, 0.6) is 11.5 Å². The van der Waals surface area contributed by atoms with Crippen molar-refractivity contribution in [1.29, 1.82) is 0 Å². The van der Waals surface area contributed by atoms with E-state index in [4.69, 9.17) is 9.47 Å². The summed E-state index contributed by atoms with van der Waals surface area (Å²) in [7, 11) is 1.67. The third kappa shape index (κ3) is 2.75. The largest absolute Gasteiger partial charge is 0.497 e. The fourth-order valence-corrected chi connectivity index (χ4v) is 2.13. The van der Waals surface area contributed by atoms with Crippen molar-refractivity contribution < 1.29 is 9.47 Å². The van der Waals surface area contributed by atoms with Crippen LogP contribution in [0.3, 0.4) is 0 Å². The maximum atomic E-state index is 5.90. The molecule has 2 heteroatoms. The monoisotopic (exact) mass is 264 g/mol. The Kier molecular flexibility index (Phi) is 3.55. The van der Waals surface area contributed by atoms with Gasteiger partial charge in [-0.25, -0.2) is 0 Å². The van der Waals surface area contributed by atoms with Gasteiger partial charge in [0.05, 0.1) is 7.11 Å². The Morgan fingerprint density at radius 2 is 1.85 bits per heavy atom. The molecule has 0 aromatic heterocycles. The Hall–Kier alpha value is -2.48. The van der Waals surface area contributed by atoms with E-state index in [2.05, 4.69) is 24.3 Å². The number of benzene rings is 2. The molecule has 3 rings (SSSR count). The highest BCUT2D eigenvalue weighted by Gasteiger charge is 2.10. The molecule has 0 amide bonds. The fraction of sp³-hybridized carbons (Fsp3) is 0.111. The Morgan fingerprint density at radius 1 is 1.05 bits per heavy atom. The summed E-state index contributed by atoms with van der Waals surface area (Å²) in [5.74, 6) is 1.80. The van der Waals surface area contributed by atoms with E-state index in [0.29, 0.717) is 0 Å².